The Labute approximate surface area is 217 Å². The summed E-state index contributed by atoms with van der Waals surface area (Å²) in [5, 5.41) is 3.58. The number of carbonyl (C=O) groups excluding carboxylic acids is 2. The molecular formula is C28H21ClN2O2S2. The molecule has 7 heteroatoms. The summed E-state index contributed by atoms with van der Waals surface area (Å²) in [6.45, 7) is 0. The third-order valence-corrected chi connectivity index (χ3v) is 7.80. The van der Waals surface area contributed by atoms with E-state index in [2.05, 4.69) is 5.32 Å². The number of anilines is 3. The lowest BCUT2D eigenvalue weighted by molar-refractivity contribution is -0.116. The predicted molar refractivity (Wildman–Crippen MR) is 145 cm³/mol. The Kier molecular flexibility index (Phi) is 7.13. The standard InChI is InChI=1S/C28H21ClN2O2S2/c29-20-14-12-19(13-15-20)16-27(32)30-21-6-5-7-22(17-21)34-18-28(33)31-23-8-1-3-10-25(23)35-26-11-4-2-9-24(26)31/h1-15,17H,16,18H2,(H,30,32). The van der Waals surface area contributed by atoms with Gasteiger partial charge in [0, 0.05) is 25.4 Å². The van der Waals surface area contributed by atoms with Crippen LogP contribution in [-0.2, 0) is 16.0 Å². The van der Waals surface area contributed by atoms with Gasteiger partial charge in [0.2, 0.25) is 11.8 Å². The first kappa shape index (κ1) is 23.5. The van der Waals surface area contributed by atoms with Gasteiger partial charge in [0.15, 0.2) is 0 Å². The van der Waals surface area contributed by atoms with Gasteiger partial charge in [0.1, 0.15) is 0 Å². The summed E-state index contributed by atoms with van der Waals surface area (Å²) in [7, 11) is 0. The van der Waals surface area contributed by atoms with E-state index >= 15 is 0 Å². The van der Waals surface area contributed by atoms with Crippen LogP contribution in [0.4, 0.5) is 17.1 Å². The molecule has 0 bridgehead atoms. The molecule has 1 N–H and O–H groups in total. The quantitative estimate of drug-likeness (QED) is 0.270. The summed E-state index contributed by atoms with van der Waals surface area (Å²) in [5.41, 5.74) is 3.41. The number of fused-ring (bicyclic) bond motifs is 2. The average Bonchev–Trinajstić information content (AvgIpc) is 2.87. The number of hydrogen-bond donors (Lipinski definition) is 1. The lowest BCUT2D eigenvalue weighted by atomic mass is 10.1. The molecule has 2 amide bonds. The topological polar surface area (TPSA) is 49.4 Å². The third kappa shape index (κ3) is 5.56. The highest BCUT2D eigenvalue weighted by Gasteiger charge is 2.27. The second-order valence-electron chi connectivity index (χ2n) is 7.93. The summed E-state index contributed by atoms with van der Waals surface area (Å²) in [6.07, 6.45) is 0.263. The van der Waals surface area contributed by atoms with Crippen molar-refractivity contribution in [3.63, 3.8) is 0 Å². The van der Waals surface area contributed by atoms with Gasteiger partial charge in [0.25, 0.3) is 0 Å². The van der Waals surface area contributed by atoms with Crippen LogP contribution in [-0.4, -0.2) is 17.6 Å². The van der Waals surface area contributed by atoms with E-state index in [-0.39, 0.29) is 24.0 Å². The largest absolute Gasteiger partial charge is 0.326 e. The van der Waals surface area contributed by atoms with Gasteiger partial charge in [-0.2, -0.15) is 0 Å². The molecule has 4 aromatic carbocycles. The molecule has 0 spiro atoms. The Morgan fingerprint density at radius 1 is 0.829 bits per heavy atom. The number of carbonyl (C=O) groups is 2. The molecular weight excluding hydrogens is 496 g/mol. The van der Waals surface area contributed by atoms with Gasteiger partial charge >= 0.3 is 0 Å². The highest BCUT2D eigenvalue weighted by molar-refractivity contribution is 8.00. The molecule has 0 aromatic heterocycles. The van der Waals surface area contributed by atoms with E-state index < -0.39 is 0 Å². The molecule has 1 aliphatic rings. The molecule has 0 radical (unpaired) electrons. The fourth-order valence-electron chi connectivity index (χ4n) is 3.84. The fraction of sp³-hybridized carbons (Fsp3) is 0.0714. The summed E-state index contributed by atoms with van der Waals surface area (Å²) >= 11 is 9.05. The Morgan fingerprint density at radius 2 is 1.49 bits per heavy atom. The molecule has 1 heterocycles. The van der Waals surface area contributed by atoms with Crippen molar-refractivity contribution >= 4 is 64.0 Å². The molecule has 174 valence electrons. The highest BCUT2D eigenvalue weighted by Crippen LogP contribution is 2.48. The molecule has 4 aromatic rings. The van der Waals surface area contributed by atoms with Crippen LogP contribution in [0, 0.1) is 0 Å². The molecule has 4 nitrogen and oxygen atoms in total. The zero-order valence-corrected chi connectivity index (χ0v) is 21.0. The lowest BCUT2D eigenvalue weighted by Crippen LogP contribution is -2.29. The average molecular weight is 517 g/mol. The van der Waals surface area contributed by atoms with Gasteiger partial charge in [-0.1, -0.05) is 65.8 Å². The minimum absolute atomic E-state index is 0.00683. The van der Waals surface area contributed by atoms with Crippen molar-refractivity contribution < 1.29 is 9.59 Å². The number of para-hydroxylation sites is 2. The van der Waals surface area contributed by atoms with Crippen LogP contribution in [0.15, 0.2) is 112 Å². The molecule has 5 rings (SSSR count). The zero-order valence-electron chi connectivity index (χ0n) is 18.6. The van der Waals surface area contributed by atoms with E-state index in [4.69, 9.17) is 11.6 Å². The number of benzene rings is 4. The monoisotopic (exact) mass is 516 g/mol. The summed E-state index contributed by atoms with van der Waals surface area (Å²) in [4.78, 5) is 30.7. The van der Waals surface area contributed by atoms with Gasteiger partial charge < -0.3 is 5.32 Å². The Bertz CT molecular complexity index is 1350. The number of hydrogen-bond acceptors (Lipinski definition) is 4. The maximum absolute atomic E-state index is 13.4. The number of nitrogens with zero attached hydrogens (tertiary/aromatic N) is 1. The molecule has 0 fully saturated rings. The molecule has 0 saturated heterocycles. The van der Waals surface area contributed by atoms with Crippen LogP contribution < -0.4 is 10.2 Å². The van der Waals surface area contributed by atoms with E-state index in [9.17, 15) is 9.59 Å². The molecule has 0 unspecified atom stereocenters. The minimum atomic E-state index is -0.107. The van der Waals surface area contributed by atoms with Crippen molar-refractivity contribution in [3.8, 4) is 0 Å². The summed E-state index contributed by atoms with van der Waals surface area (Å²) < 4.78 is 0. The van der Waals surface area contributed by atoms with Crippen molar-refractivity contribution in [2.24, 2.45) is 0 Å². The van der Waals surface area contributed by atoms with E-state index in [1.54, 1.807) is 23.9 Å². The maximum Gasteiger partial charge on any atom is 0.241 e. The van der Waals surface area contributed by atoms with Gasteiger partial charge in [-0.15, -0.1) is 11.8 Å². The molecule has 0 atom stereocenters. The van der Waals surface area contributed by atoms with Crippen LogP contribution in [0.3, 0.4) is 0 Å². The van der Waals surface area contributed by atoms with Crippen LogP contribution in [0.25, 0.3) is 0 Å². The molecule has 1 aliphatic heterocycles. The number of amides is 2. The first-order valence-corrected chi connectivity index (χ1v) is 13.2. The van der Waals surface area contributed by atoms with Crippen molar-refractivity contribution in [2.45, 2.75) is 21.1 Å². The van der Waals surface area contributed by atoms with E-state index in [1.807, 2.05) is 89.8 Å². The van der Waals surface area contributed by atoms with E-state index in [0.29, 0.717) is 10.7 Å². The SMILES string of the molecule is O=C(Cc1ccc(Cl)cc1)Nc1cccc(SCC(=O)N2c3ccccc3Sc3ccccc32)c1. The normalized spacial score (nSPS) is 12.0. The molecule has 0 aliphatic carbocycles. The van der Waals surface area contributed by atoms with Gasteiger partial charge in [-0.3, -0.25) is 14.5 Å². The smallest absolute Gasteiger partial charge is 0.241 e. The first-order valence-electron chi connectivity index (χ1n) is 11.0. The number of thioether (sulfide) groups is 1. The lowest BCUT2D eigenvalue weighted by Gasteiger charge is -2.31. The minimum Gasteiger partial charge on any atom is -0.326 e. The predicted octanol–water partition coefficient (Wildman–Crippen LogP) is 7.44. The summed E-state index contributed by atoms with van der Waals surface area (Å²) in [5.74, 6) is 0.173. The van der Waals surface area contributed by atoms with Crippen molar-refractivity contribution in [1.82, 2.24) is 0 Å². The molecule has 35 heavy (non-hydrogen) atoms. The Morgan fingerprint density at radius 3 is 2.17 bits per heavy atom. The van der Waals surface area contributed by atoms with Gasteiger partial charge in [0.05, 0.1) is 23.5 Å². The number of halogens is 1. The third-order valence-electron chi connectivity index (χ3n) is 5.44. The van der Waals surface area contributed by atoms with Crippen LogP contribution >= 0.6 is 35.1 Å². The fourth-order valence-corrected chi connectivity index (χ4v) is 5.83. The Hall–Kier alpha value is -3.19. The highest BCUT2D eigenvalue weighted by atomic mass is 35.5. The number of nitrogens with one attached hydrogen (secondary N) is 1. The van der Waals surface area contributed by atoms with Gasteiger partial charge in [-0.05, 0) is 60.2 Å². The van der Waals surface area contributed by atoms with Crippen molar-refractivity contribution in [2.75, 3.05) is 16.0 Å². The second-order valence-corrected chi connectivity index (χ2v) is 10.5. The zero-order chi connectivity index (χ0) is 24.2. The first-order chi connectivity index (χ1) is 17.1. The van der Waals surface area contributed by atoms with Crippen LogP contribution in [0.1, 0.15) is 5.56 Å². The number of rotatable bonds is 6. The second kappa shape index (κ2) is 10.6. The van der Waals surface area contributed by atoms with Gasteiger partial charge in [-0.25, -0.2) is 0 Å². The van der Waals surface area contributed by atoms with E-state index in [1.165, 1.54) is 11.8 Å². The van der Waals surface area contributed by atoms with E-state index in [0.717, 1.165) is 31.6 Å². The van der Waals surface area contributed by atoms with Crippen LogP contribution in [0.2, 0.25) is 5.02 Å². The summed E-state index contributed by atoms with van der Waals surface area (Å²) in [6, 6.07) is 30.7. The van der Waals surface area contributed by atoms with Crippen molar-refractivity contribution in [3.05, 3.63) is 108 Å². The Balaban J connectivity index is 1.26. The molecule has 0 saturated carbocycles. The van der Waals surface area contributed by atoms with Crippen LogP contribution in [0.5, 0.6) is 0 Å². The maximum atomic E-state index is 13.4. The van der Waals surface area contributed by atoms with Crippen molar-refractivity contribution in [1.29, 1.82) is 0 Å².